The van der Waals surface area contributed by atoms with Gasteiger partial charge < -0.3 is 14.9 Å². The lowest BCUT2D eigenvalue weighted by Crippen LogP contribution is -2.29. The lowest BCUT2D eigenvalue weighted by molar-refractivity contribution is -0.132. The van der Waals surface area contributed by atoms with Crippen molar-refractivity contribution in [3.8, 4) is 11.5 Å². The van der Waals surface area contributed by atoms with Gasteiger partial charge in [-0.3, -0.25) is 19.5 Å². The van der Waals surface area contributed by atoms with Gasteiger partial charge in [0.15, 0.2) is 0 Å². The van der Waals surface area contributed by atoms with Crippen molar-refractivity contribution in [3.05, 3.63) is 89.3 Å². The number of aliphatic hydroxyl groups is 1. The summed E-state index contributed by atoms with van der Waals surface area (Å²) in [6, 6.07) is 15.7. The number of ether oxygens (including phenoxy) is 1. The Labute approximate surface area is 198 Å². The summed E-state index contributed by atoms with van der Waals surface area (Å²) in [5.41, 5.74) is 1.37. The minimum atomic E-state index is -1.04. The molecule has 0 saturated carbocycles. The molecule has 3 aromatic rings. The van der Waals surface area contributed by atoms with Crippen LogP contribution in [0, 0.1) is 0 Å². The van der Waals surface area contributed by atoms with Crippen LogP contribution in [0.25, 0.3) is 5.76 Å². The molecule has 1 unspecified atom stereocenters. The van der Waals surface area contributed by atoms with Crippen LogP contribution in [0.4, 0.5) is 5.69 Å². The van der Waals surface area contributed by atoms with E-state index in [9.17, 15) is 19.8 Å². The predicted octanol–water partition coefficient (Wildman–Crippen LogP) is 4.72. The Kier molecular flexibility index (Phi) is 5.87. The Hall–Kier alpha value is -4.13. The van der Waals surface area contributed by atoms with Gasteiger partial charge >= 0.3 is 0 Å². The zero-order chi connectivity index (χ0) is 24.6. The number of rotatable bonds is 4. The monoisotopic (exact) mass is 458 g/mol. The normalized spacial score (nSPS) is 17.8. The van der Waals surface area contributed by atoms with E-state index >= 15 is 0 Å². The van der Waals surface area contributed by atoms with Crippen molar-refractivity contribution < 1.29 is 24.5 Å². The Balaban J connectivity index is 2.00. The van der Waals surface area contributed by atoms with Crippen LogP contribution in [0.15, 0.2) is 72.4 Å². The second-order valence-corrected chi connectivity index (χ2v) is 9.08. The van der Waals surface area contributed by atoms with Gasteiger partial charge in [0.05, 0.1) is 29.6 Å². The number of carbonyl (C=O) groups excluding carboxylic acids is 2. The van der Waals surface area contributed by atoms with Crippen molar-refractivity contribution in [3.63, 3.8) is 0 Å². The molecule has 174 valence electrons. The molecule has 1 atom stereocenters. The molecular formula is C27H26N2O5. The zero-order valence-electron chi connectivity index (χ0n) is 19.4. The number of pyridine rings is 1. The molecule has 1 aromatic heterocycles. The molecule has 2 aromatic carbocycles. The van der Waals surface area contributed by atoms with E-state index in [0.717, 1.165) is 5.56 Å². The van der Waals surface area contributed by atoms with Crippen molar-refractivity contribution in [1.29, 1.82) is 0 Å². The minimum absolute atomic E-state index is 0.128. The second kappa shape index (κ2) is 8.67. The van der Waals surface area contributed by atoms with Crippen molar-refractivity contribution >= 4 is 23.1 Å². The van der Waals surface area contributed by atoms with Crippen LogP contribution in [-0.4, -0.2) is 34.0 Å². The number of Topliss-reactive ketones (excluding diaryl/α,β-unsaturated/α-hetero) is 1. The average Bonchev–Trinajstić information content (AvgIpc) is 3.09. The highest BCUT2D eigenvalue weighted by Gasteiger charge is 2.48. The molecule has 0 radical (unpaired) electrons. The Morgan fingerprint density at radius 1 is 1.03 bits per heavy atom. The fraction of sp³-hybridized carbons (Fsp3) is 0.222. The number of aliphatic hydroxyl groups excluding tert-OH is 1. The number of carbonyl (C=O) groups is 2. The summed E-state index contributed by atoms with van der Waals surface area (Å²) in [5, 5.41) is 22.0. The third-order valence-corrected chi connectivity index (χ3v) is 5.87. The van der Waals surface area contributed by atoms with Crippen LogP contribution >= 0.6 is 0 Å². The summed E-state index contributed by atoms with van der Waals surface area (Å²) in [6.07, 6.45) is 1.54. The van der Waals surface area contributed by atoms with E-state index < -0.39 is 17.7 Å². The number of hydrogen-bond donors (Lipinski definition) is 2. The number of methoxy groups -OCH3 is 1. The number of aromatic hydroxyl groups is 1. The first-order valence-electron chi connectivity index (χ1n) is 10.8. The van der Waals surface area contributed by atoms with Crippen molar-refractivity contribution in [1.82, 2.24) is 4.98 Å². The van der Waals surface area contributed by atoms with Crippen molar-refractivity contribution in [2.75, 3.05) is 12.0 Å². The highest BCUT2D eigenvalue weighted by molar-refractivity contribution is 6.51. The van der Waals surface area contributed by atoms with Gasteiger partial charge in [0.25, 0.3) is 11.7 Å². The van der Waals surface area contributed by atoms with E-state index in [2.05, 4.69) is 4.98 Å². The van der Waals surface area contributed by atoms with E-state index in [0.29, 0.717) is 17.0 Å². The maximum absolute atomic E-state index is 13.3. The van der Waals surface area contributed by atoms with Gasteiger partial charge in [0, 0.05) is 6.20 Å². The summed E-state index contributed by atoms with van der Waals surface area (Å²) < 4.78 is 5.47. The van der Waals surface area contributed by atoms with Crippen LogP contribution in [-0.2, 0) is 15.0 Å². The number of phenolic OH excluding ortho intramolecular Hbond substituents is 1. The molecule has 1 saturated heterocycles. The van der Waals surface area contributed by atoms with Gasteiger partial charge in [-0.15, -0.1) is 0 Å². The lowest BCUT2D eigenvalue weighted by Gasteiger charge is -2.25. The molecule has 0 bridgehead atoms. The summed E-state index contributed by atoms with van der Waals surface area (Å²) in [6.45, 7) is 6.09. The molecule has 0 spiro atoms. The number of benzene rings is 2. The van der Waals surface area contributed by atoms with Crippen molar-refractivity contribution in [2.45, 2.75) is 32.2 Å². The number of hydrogen-bond acceptors (Lipinski definition) is 6. The summed E-state index contributed by atoms with van der Waals surface area (Å²) >= 11 is 0. The molecule has 34 heavy (non-hydrogen) atoms. The number of anilines is 1. The van der Waals surface area contributed by atoms with Gasteiger partial charge in [0.1, 0.15) is 23.3 Å². The van der Waals surface area contributed by atoms with Crippen LogP contribution < -0.4 is 9.64 Å². The third-order valence-electron chi connectivity index (χ3n) is 5.87. The first-order chi connectivity index (χ1) is 16.1. The Morgan fingerprint density at radius 2 is 1.74 bits per heavy atom. The summed E-state index contributed by atoms with van der Waals surface area (Å²) in [4.78, 5) is 32.1. The SMILES string of the molecule is COc1ccc(C(C)(C)C)cc1/C(O)=C1\C(=O)C(=O)N(c2ccccc2O)C1c1ccccn1. The molecule has 1 aliphatic heterocycles. The number of nitrogens with zero attached hydrogens (tertiary/aromatic N) is 2. The largest absolute Gasteiger partial charge is 0.507 e. The standard InChI is InChI=1S/C27H26N2O5/c1-27(2,3)16-12-13-21(34-4)17(15-16)24(31)22-23(18-9-7-8-14-28-18)29(26(33)25(22)32)19-10-5-6-11-20(19)30/h5-15,23,30-31H,1-4H3/b24-22+. The number of ketones is 1. The highest BCUT2D eigenvalue weighted by atomic mass is 16.5. The first-order valence-corrected chi connectivity index (χ1v) is 10.8. The molecule has 2 heterocycles. The van der Waals surface area contributed by atoms with E-state index in [1.165, 1.54) is 24.1 Å². The molecule has 7 nitrogen and oxygen atoms in total. The minimum Gasteiger partial charge on any atom is -0.507 e. The maximum atomic E-state index is 13.3. The van der Waals surface area contributed by atoms with Gasteiger partial charge in [-0.05, 0) is 47.4 Å². The first kappa shape index (κ1) is 23.0. The summed E-state index contributed by atoms with van der Waals surface area (Å²) in [7, 11) is 1.47. The van der Waals surface area contributed by atoms with Gasteiger partial charge in [-0.2, -0.15) is 0 Å². The van der Waals surface area contributed by atoms with Crippen LogP contribution in [0.1, 0.15) is 43.6 Å². The fourth-order valence-corrected chi connectivity index (χ4v) is 4.07. The predicted molar refractivity (Wildman–Crippen MR) is 129 cm³/mol. The van der Waals surface area contributed by atoms with Crippen LogP contribution in [0.2, 0.25) is 0 Å². The van der Waals surface area contributed by atoms with E-state index in [1.807, 2.05) is 26.8 Å². The van der Waals surface area contributed by atoms with E-state index in [1.54, 1.807) is 48.7 Å². The van der Waals surface area contributed by atoms with Crippen LogP contribution in [0.5, 0.6) is 11.5 Å². The molecule has 7 heteroatoms. The molecule has 1 aliphatic rings. The topological polar surface area (TPSA) is 100.0 Å². The number of aromatic nitrogens is 1. The second-order valence-electron chi connectivity index (χ2n) is 9.08. The smallest absolute Gasteiger partial charge is 0.300 e. The number of phenols is 1. The van der Waals surface area contributed by atoms with Gasteiger partial charge in [-0.1, -0.05) is 45.0 Å². The fourth-order valence-electron chi connectivity index (χ4n) is 4.07. The lowest BCUT2D eigenvalue weighted by atomic mass is 9.85. The quantitative estimate of drug-likeness (QED) is 0.333. The highest BCUT2D eigenvalue weighted by Crippen LogP contribution is 2.45. The maximum Gasteiger partial charge on any atom is 0.300 e. The number of para-hydroxylation sites is 2. The Morgan fingerprint density at radius 3 is 2.35 bits per heavy atom. The third kappa shape index (κ3) is 3.90. The zero-order valence-corrected chi connectivity index (χ0v) is 19.4. The summed E-state index contributed by atoms with van der Waals surface area (Å²) in [5.74, 6) is -1.92. The number of amides is 1. The van der Waals surface area contributed by atoms with E-state index in [-0.39, 0.29) is 28.2 Å². The molecule has 1 amide bonds. The van der Waals surface area contributed by atoms with Gasteiger partial charge in [0.2, 0.25) is 0 Å². The van der Waals surface area contributed by atoms with E-state index in [4.69, 9.17) is 4.74 Å². The molecule has 0 aliphatic carbocycles. The molecule has 2 N–H and O–H groups in total. The Bertz CT molecular complexity index is 1290. The molecular weight excluding hydrogens is 432 g/mol. The average molecular weight is 459 g/mol. The van der Waals surface area contributed by atoms with Crippen molar-refractivity contribution in [2.24, 2.45) is 0 Å². The van der Waals surface area contributed by atoms with Gasteiger partial charge in [-0.25, -0.2) is 0 Å². The molecule has 4 rings (SSSR count). The molecule has 1 fully saturated rings. The van der Waals surface area contributed by atoms with Crippen LogP contribution in [0.3, 0.4) is 0 Å².